The van der Waals surface area contributed by atoms with E-state index in [2.05, 4.69) is 39.4 Å². The van der Waals surface area contributed by atoms with Crippen LogP contribution in [0, 0.1) is 11.6 Å². The molecule has 7 nitrogen and oxygen atoms in total. The summed E-state index contributed by atoms with van der Waals surface area (Å²) in [6.45, 7) is 2.56. The Bertz CT molecular complexity index is 1190. The summed E-state index contributed by atoms with van der Waals surface area (Å²) in [6, 6.07) is 11.6. The first-order chi connectivity index (χ1) is 17.0. The van der Waals surface area contributed by atoms with Crippen molar-refractivity contribution in [2.75, 3.05) is 44.2 Å². The Morgan fingerprint density at radius 3 is 2.69 bits per heavy atom. The van der Waals surface area contributed by atoms with Gasteiger partial charge in [-0.1, -0.05) is 18.2 Å². The monoisotopic (exact) mass is 481 g/mol. The molecule has 0 saturated carbocycles. The average Bonchev–Trinajstić information content (AvgIpc) is 3.36. The Hall–Kier alpha value is -3.30. The van der Waals surface area contributed by atoms with Crippen molar-refractivity contribution in [3.63, 3.8) is 0 Å². The van der Waals surface area contributed by atoms with Crippen molar-refractivity contribution >= 4 is 17.3 Å². The van der Waals surface area contributed by atoms with Gasteiger partial charge in [-0.15, -0.1) is 0 Å². The molecule has 0 spiro atoms. The standard InChI is InChI=1S/C26H29F2N5O2/c1-32-11-8-17(9-12-32)18-6-7-21(23(14-18)34-2)31-24-15-25(30-16-29-24)33-22(10-13-35-33)19-4-3-5-20(27)26(19)28/h3-7,14-17,22H,8-13H2,1-2H3,(H,29,30,31). The number of rotatable bonds is 6. The second kappa shape index (κ2) is 10.1. The summed E-state index contributed by atoms with van der Waals surface area (Å²) in [5.41, 5.74) is 2.29. The van der Waals surface area contributed by atoms with E-state index in [-0.39, 0.29) is 5.56 Å². The van der Waals surface area contributed by atoms with Crippen molar-refractivity contribution in [3.8, 4) is 5.75 Å². The molecule has 1 N–H and O–H groups in total. The summed E-state index contributed by atoms with van der Waals surface area (Å²) in [7, 11) is 3.81. The van der Waals surface area contributed by atoms with E-state index in [1.807, 2.05) is 6.07 Å². The number of aromatic nitrogens is 2. The van der Waals surface area contributed by atoms with Crippen molar-refractivity contribution in [2.24, 2.45) is 0 Å². The summed E-state index contributed by atoms with van der Waals surface area (Å²) < 4.78 is 34.0. The fourth-order valence-electron chi connectivity index (χ4n) is 4.84. The fraction of sp³-hybridized carbons (Fsp3) is 0.385. The maximum absolute atomic E-state index is 14.5. The minimum Gasteiger partial charge on any atom is -0.495 e. The third-order valence-corrected chi connectivity index (χ3v) is 6.80. The SMILES string of the molecule is COc1cc(C2CCN(C)CC2)ccc1Nc1cc(N2OCCC2c2cccc(F)c2F)ncn1. The van der Waals surface area contributed by atoms with Crippen LogP contribution in [0.4, 0.5) is 26.1 Å². The van der Waals surface area contributed by atoms with Gasteiger partial charge < -0.3 is 15.0 Å². The molecule has 184 valence electrons. The molecule has 2 saturated heterocycles. The van der Waals surface area contributed by atoms with Crippen molar-refractivity contribution in [1.82, 2.24) is 14.9 Å². The van der Waals surface area contributed by atoms with Gasteiger partial charge in [0.2, 0.25) is 0 Å². The van der Waals surface area contributed by atoms with Crippen LogP contribution >= 0.6 is 0 Å². The first-order valence-corrected chi connectivity index (χ1v) is 11.8. The van der Waals surface area contributed by atoms with Crippen LogP contribution in [-0.4, -0.2) is 48.7 Å². The van der Waals surface area contributed by atoms with E-state index in [0.717, 1.165) is 43.4 Å². The summed E-state index contributed by atoms with van der Waals surface area (Å²) in [4.78, 5) is 16.7. The third kappa shape index (κ3) is 4.92. The smallest absolute Gasteiger partial charge is 0.164 e. The molecule has 9 heteroatoms. The molecule has 2 aliphatic heterocycles. The minimum atomic E-state index is -0.879. The number of halogens is 2. The molecule has 2 aromatic carbocycles. The Kier molecular flexibility index (Phi) is 6.79. The van der Waals surface area contributed by atoms with Crippen LogP contribution in [0.1, 0.15) is 42.3 Å². The highest BCUT2D eigenvalue weighted by Crippen LogP contribution is 2.38. The Balaban J connectivity index is 1.36. The van der Waals surface area contributed by atoms with E-state index in [0.29, 0.717) is 30.6 Å². The van der Waals surface area contributed by atoms with E-state index in [9.17, 15) is 8.78 Å². The number of nitrogens with zero attached hydrogens (tertiary/aromatic N) is 4. The maximum Gasteiger partial charge on any atom is 0.164 e. The molecule has 2 aliphatic rings. The van der Waals surface area contributed by atoms with Crippen LogP contribution in [0.2, 0.25) is 0 Å². The number of methoxy groups -OCH3 is 1. The zero-order valence-corrected chi connectivity index (χ0v) is 19.9. The second-order valence-electron chi connectivity index (χ2n) is 9.03. The number of likely N-dealkylation sites (tertiary alicyclic amines) is 1. The summed E-state index contributed by atoms with van der Waals surface area (Å²) in [5, 5.41) is 4.82. The van der Waals surface area contributed by atoms with Crippen LogP contribution < -0.4 is 15.1 Å². The Morgan fingerprint density at radius 2 is 1.89 bits per heavy atom. The average molecular weight is 482 g/mol. The van der Waals surface area contributed by atoms with Gasteiger partial charge >= 0.3 is 0 Å². The molecule has 1 atom stereocenters. The van der Waals surface area contributed by atoms with Crippen molar-refractivity contribution in [2.45, 2.75) is 31.2 Å². The largest absolute Gasteiger partial charge is 0.495 e. The molecule has 35 heavy (non-hydrogen) atoms. The molecule has 2 fully saturated rings. The van der Waals surface area contributed by atoms with Gasteiger partial charge in [-0.3, -0.25) is 4.84 Å². The van der Waals surface area contributed by atoms with E-state index in [4.69, 9.17) is 9.57 Å². The van der Waals surface area contributed by atoms with E-state index < -0.39 is 17.7 Å². The topological polar surface area (TPSA) is 62.8 Å². The lowest BCUT2D eigenvalue weighted by molar-refractivity contribution is 0.156. The van der Waals surface area contributed by atoms with Crippen LogP contribution in [0.5, 0.6) is 5.75 Å². The number of benzene rings is 2. The molecule has 5 rings (SSSR count). The molecule has 0 amide bonds. The zero-order valence-electron chi connectivity index (χ0n) is 19.9. The number of hydrogen-bond acceptors (Lipinski definition) is 7. The minimum absolute atomic E-state index is 0.238. The lowest BCUT2D eigenvalue weighted by Gasteiger charge is -2.29. The lowest BCUT2D eigenvalue weighted by atomic mass is 9.89. The number of ether oxygens (including phenoxy) is 1. The maximum atomic E-state index is 14.5. The van der Waals surface area contributed by atoms with E-state index in [1.165, 1.54) is 23.0 Å². The Morgan fingerprint density at radius 1 is 1.06 bits per heavy atom. The molecule has 1 aromatic heterocycles. The fourth-order valence-corrected chi connectivity index (χ4v) is 4.84. The van der Waals surface area contributed by atoms with Crippen molar-refractivity contribution in [1.29, 1.82) is 0 Å². The number of anilines is 3. The molecule has 1 unspecified atom stereocenters. The molecule has 0 bridgehead atoms. The van der Waals surface area contributed by atoms with Gasteiger partial charge in [0.25, 0.3) is 0 Å². The molecule has 3 aromatic rings. The van der Waals surface area contributed by atoms with Gasteiger partial charge in [-0.2, -0.15) is 0 Å². The predicted octanol–water partition coefficient (Wildman–Crippen LogP) is 5.20. The van der Waals surface area contributed by atoms with Crippen LogP contribution in [0.3, 0.4) is 0 Å². The van der Waals surface area contributed by atoms with E-state index >= 15 is 0 Å². The van der Waals surface area contributed by atoms with Gasteiger partial charge in [0.05, 0.1) is 25.4 Å². The quantitative estimate of drug-likeness (QED) is 0.519. The summed E-state index contributed by atoms with van der Waals surface area (Å²) in [6.07, 6.45) is 4.19. The molecule has 0 aliphatic carbocycles. The number of nitrogens with one attached hydrogen (secondary N) is 1. The van der Waals surface area contributed by atoms with Gasteiger partial charge in [-0.25, -0.2) is 23.8 Å². The lowest BCUT2D eigenvalue weighted by Crippen LogP contribution is -2.29. The molecule has 3 heterocycles. The van der Waals surface area contributed by atoms with Crippen LogP contribution in [0.25, 0.3) is 0 Å². The molecule has 0 radical (unpaired) electrons. The normalized spacial score (nSPS) is 19.2. The molecular formula is C26H29F2N5O2. The van der Waals surface area contributed by atoms with Gasteiger partial charge in [0, 0.05) is 18.1 Å². The van der Waals surface area contributed by atoms with Gasteiger partial charge in [-0.05, 0) is 62.7 Å². The van der Waals surface area contributed by atoms with Crippen molar-refractivity contribution < 1.29 is 18.4 Å². The number of piperidine rings is 1. The summed E-state index contributed by atoms with van der Waals surface area (Å²) in [5.74, 6) is 0.501. The molecular weight excluding hydrogens is 452 g/mol. The first-order valence-electron chi connectivity index (χ1n) is 11.8. The number of hydroxylamine groups is 1. The highest BCUT2D eigenvalue weighted by Gasteiger charge is 2.32. The van der Waals surface area contributed by atoms with Crippen LogP contribution in [0.15, 0.2) is 48.8 Å². The zero-order chi connectivity index (χ0) is 24.4. The highest BCUT2D eigenvalue weighted by atomic mass is 19.2. The van der Waals surface area contributed by atoms with E-state index in [1.54, 1.807) is 19.2 Å². The van der Waals surface area contributed by atoms with Crippen molar-refractivity contribution in [3.05, 3.63) is 71.6 Å². The van der Waals surface area contributed by atoms with Crippen LogP contribution in [-0.2, 0) is 4.84 Å². The van der Waals surface area contributed by atoms with Gasteiger partial charge in [0.1, 0.15) is 17.9 Å². The Labute approximate surface area is 203 Å². The second-order valence-corrected chi connectivity index (χ2v) is 9.03. The van der Waals surface area contributed by atoms with Gasteiger partial charge in [0.15, 0.2) is 17.5 Å². The highest BCUT2D eigenvalue weighted by molar-refractivity contribution is 5.66. The predicted molar refractivity (Wildman–Crippen MR) is 130 cm³/mol. The summed E-state index contributed by atoms with van der Waals surface area (Å²) >= 11 is 0. The number of hydrogen-bond donors (Lipinski definition) is 1. The first kappa shape index (κ1) is 23.4. The third-order valence-electron chi connectivity index (χ3n) is 6.80.